The van der Waals surface area contributed by atoms with Gasteiger partial charge in [-0.3, -0.25) is 19.9 Å². The maximum atomic E-state index is 14.1. The van der Waals surface area contributed by atoms with E-state index in [1.165, 1.54) is 12.1 Å². The molecule has 1 aliphatic rings. The first-order valence-electron chi connectivity index (χ1n) is 10.4. The number of carbonyl (C=O) groups is 2. The first-order valence-corrected chi connectivity index (χ1v) is 10.4. The molecule has 3 aromatic heterocycles. The van der Waals surface area contributed by atoms with Gasteiger partial charge in [-0.2, -0.15) is 0 Å². The number of carbonyl (C=O) groups excluding carboxylic acids is 2. The zero-order chi connectivity index (χ0) is 22.4. The zero-order valence-corrected chi connectivity index (χ0v) is 17.8. The van der Waals surface area contributed by atoms with Crippen molar-refractivity contribution in [2.75, 3.05) is 20.6 Å². The fourth-order valence-corrected chi connectivity index (χ4v) is 4.29. The monoisotopic (exact) mass is 431 g/mol. The number of halogens is 1. The first kappa shape index (κ1) is 20.1. The third-order valence-corrected chi connectivity index (χ3v) is 5.72. The van der Waals surface area contributed by atoms with E-state index in [0.717, 1.165) is 29.4 Å². The van der Waals surface area contributed by atoms with Crippen LogP contribution < -0.4 is 5.32 Å². The van der Waals surface area contributed by atoms with Crippen LogP contribution in [0.4, 0.5) is 4.39 Å². The van der Waals surface area contributed by atoms with Gasteiger partial charge in [0, 0.05) is 36.1 Å². The van der Waals surface area contributed by atoms with Crippen molar-refractivity contribution in [2.24, 2.45) is 0 Å². The normalized spacial score (nSPS) is 14.4. The van der Waals surface area contributed by atoms with E-state index in [4.69, 9.17) is 0 Å². The number of imide groups is 1. The van der Waals surface area contributed by atoms with Crippen LogP contribution in [0.15, 0.2) is 55.0 Å². The molecule has 2 amide bonds. The fraction of sp³-hybridized carbons (Fsp3) is 0.208. The molecule has 0 saturated carbocycles. The van der Waals surface area contributed by atoms with Crippen LogP contribution in [0.5, 0.6) is 0 Å². The minimum atomic E-state index is -0.470. The Kier molecular flexibility index (Phi) is 4.86. The van der Waals surface area contributed by atoms with E-state index in [2.05, 4.69) is 15.2 Å². The standard InChI is InChI=1S/C24H22FN5O2/c1-28(2)10-4-11-29-14-17(16-7-6-15(25)13-20(16)29)21-22(24(32)27-23(21)31)30-12-8-18-19(30)5-3-9-26-18/h3,5-9,12-14H,4,10-11H2,1-2H3,(H,27,31,32). The van der Waals surface area contributed by atoms with E-state index in [9.17, 15) is 14.0 Å². The van der Waals surface area contributed by atoms with Crippen LogP contribution in [0.2, 0.25) is 0 Å². The van der Waals surface area contributed by atoms with E-state index in [-0.39, 0.29) is 17.1 Å². The molecule has 0 aliphatic carbocycles. The molecule has 0 fully saturated rings. The number of nitrogens with zero attached hydrogens (tertiary/aromatic N) is 4. The highest BCUT2D eigenvalue weighted by Gasteiger charge is 2.34. The van der Waals surface area contributed by atoms with Crippen LogP contribution in [0.1, 0.15) is 12.0 Å². The molecule has 0 bridgehead atoms. The van der Waals surface area contributed by atoms with Crippen molar-refractivity contribution in [2.45, 2.75) is 13.0 Å². The Bertz CT molecular complexity index is 1410. The van der Waals surface area contributed by atoms with Gasteiger partial charge in [-0.05, 0) is 63.5 Å². The quantitative estimate of drug-likeness (QED) is 0.476. The molecule has 7 nitrogen and oxygen atoms in total. The lowest BCUT2D eigenvalue weighted by molar-refractivity contribution is -0.122. The Balaban J connectivity index is 1.72. The topological polar surface area (TPSA) is 72.2 Å². The second-order valence-electron chi connectivity index (χ2n) is 8.15. The van der Waals surface area contributed by atoms with E-state index in [1.54, 1.807) is 35.2 Å². The lowest BCUT2D eigenvalue weighted by atomic mass is 10.0. The maximum absolute atomic E-state index is 14.1. The maximum Gasteiger partial charge on any atom is 0.275 e. The van der Waals surface area contributed by atoms with E-state index in [0.29, 0.717) is 17.6 Å². The molecule has 162 valence electrons. The fourth-order valence-electron chi connectivity index (χ4n) is 4.29. The Morgan fingerprint density at radius 1 is 1.09 bits per heavy atom. The first-order chi connectivity index (χ1) is 15.4. The van der Waals surface area contributed by atoms with Gasteiger partial charge in [0.1, 0.15) is 11.5 Å². The molecule has 8 heteroatoms. The van der Waals surface area contributed by atoms with Crippen molar-refractivity contribution in [1.29, 1.82) is 0 Å². The minimum Gasteiger partial charge on any atom is -0.347 e. The molecular weight excluding hydrogens is 409 g/mol. The summed E-state index contributed by atoms with van der Waals surface area (Å²) < 4.78 is 17.7. The van der Waals surface area contributed by atoms with Gasteiger partial charge in [0.05, 0.1) is 22.1 Å². The average Bonchev–Trinajstić information content (AvgIpc) is 3.41. The Hall–Kier alpha value is -3.78. The summed E-state index contributed by atoms with van der Waals surface area (Å²) in [6.07, 6.45) is 6.12. The summed E-state index contributed by atoms with van der Waals surface area (Å²) in [4.78, 5) is 32.2. The number of nitrogens with one attached hydrogen (secondary N) is 1. The summed E-state index contributed by atoms with van der Waals surface area (Å²) in [6.45, 7) is 1.53. The van der Waals surface area contributed by atoms with E-state index in [1.807, 2.05) is 30.9 Å². The number of hydrogen-bond acceptors (Lipinski definition) is 4. The summed E-state index contributed by atoms with van der Waals surface area (Å²) in [5.41, 5.74) is 3.27. The Morgan fingerprint density at radius 3 is 2.75 bits per heavy atom. The van der Waals surface area contributed by atoms with Gasteiger partial charge in [-0.15, -0.1) is 0 Å². The van der Waals surface area contributed by atoms with Gasteiger partial charge in [0.2, 0.25) is 0 Å². The van der Waals surface area contributed by atoms with Crippen LogP contribution in [-0.4, -0.2) is 51.5 Å². The molecule has 5 rings (SSSR count). The minimum absolute atomic E-state index is 0.245. The number of aryl methyl sites for hydroxylation is 1. The van der Waals surface area contributed by atoms with Crippen molar-refractivity contribution >= 4 is 45.0 Å². The molecule has 32 heavy (non-hydrogen) atoms. The lowest BCUT2D eigenvalue weighted by Crippen LogP contribution is -2.23. The van der Waals surface area contributed by atoms with E-state index >= 15 is 0 Å². The van der Waals surface area contributed by atoms with Crippen molar-refractivity contribution in [3.63, 3.8) is 0 Å². The molecule has 0 radical (unpaired) electrons. The molecule has 0 unspecified atom stereocenters. The molecule has 0 spiro atoms. The van der Waals surface area contributed by atoms with Gasteiger partial charge >= 0.3 is 0 Å². The average molecular weight is 431 g/mol. The van der Waals surface area contributed by atoms with Crippen molar-refractivity contribution in [1.82, 2.24) is 24.3 Å². The van der Waals surface area contributed by atoms with Crippen molar-refractivity contribution < 1.29 is 14.0 Å². The van der Waals surface area contributed by atoms with Crippen LogP contribution in [-0.2, 0) is 16.1 Å². The van der Waals surface area contributed by atoms with Crippen molar-refractivity contribution in [3.8, 4) is 0 Å². The number of fused-ring (bicyclic) bond motifs is 2. The Morgan fingerprint density at radius 2 is 1.94 bits per heavy atom. The summed E-state index contributed by atoms with van der Waals surface area (Å²) in [5.74, 6) is -1.28. The van der Waals surface area contributed by atoms with Crippen LogP contribution in [0, 0.1) is 5.82 Å². The van der Waals surface area contributed by atoms with Crippen LogP contribution >= 0.6 is 0 Å². The highest BCUT2D eigenvalue weighted by molar-refractivity contribution is 6.47. The predicted octanol–water partition coefficient (Wildman–Crippen LogP) is 3.11. The molecule has 0 atom stereocenters. The molecule has 4 heterocycles. The van der Waals surface area contributed by atoms with Gasteiger partial charge in [0.25, 0.3) is 11.8 Å². The number of pyridine rings is 1. The van der Waals surface area contributed by atoms with Gasteiger partial charge < -0.3 is 14.0 Å². The third-order valence-electron chi connectivity index (χ3n) is 5.72. The molecule has 4 aromatic rings. The number of rotatable bonds is 6. The summed E-state index contributed by atoms with van der Waals surface area (Å²) >= 11 is 0. The Labute approximate surface area is 183 Å². The van der Waals surface area contributed by atoms with Gasteiger partial charge in [-0.25, -0.2) is 4.39 Å². The second kappa shape index (κ2) is 7.72. The number of hydrogen-bond donors (Lipinski definition) is 1. The molecule has 1 N–H and O–H groups in total. The highest BCUT2D eigenvalue weighted by atomic mass is 19.1. The highest BCUT2D eigenvalue weighted by Crippen LogP contribution is 2.35. The van der Waals surface area contributed by atoms with Gasteiger partial charge in [0.15, 0.2) is 0 Å². The number of aromatic nitrogens is 3. The van der Waals surface area contributed by atoms with E-state index < -0.39 is 11.8 Å². The van der Waals surface area contributed by atoms with Crippen LogP contribution in [0.25, 0.3) is 33.2 Å². The molecule has 1 aliphatic heterocycles. The SMILES string of the molecule is CN(C)CCCn1cc(C2=C(n3ccc4ncccc43)C(=O)NC2=O)c2ccc(F)cc21. The van der Waals surface area contributed by atoms with Crippen LogP contribution in [0.3, 0.4) is 0 Å². The smallest absolute Gasteiger partial charge is 0.275 e. The molecular formula is C24H22FN5O2. The summed E-state index contributed by atoms with van der Waals surface area (Å²) in [5, 5.41) is 3.15. The summed E-state index contributed by atoms with van der Waals surface area (Å²) in [7, 11) is 4.00. The molecule has 0 saturated heterocycles. The largest absolute Gasteiger partial charge is 0.347 e. The number of benzene rings is 1. The zero-order valence-electron chi connectivity index (χ0n) is 17.8. The van der Waals surface area contributed by atoms with Crippen molar-refractivity contribution in [3.05, 3.63) is 66.4 Å². The second-order valence-corrected chi connectivity index (χ2v) is 8.15. The summed E-state index contributed by atoms with van der Waals surface area (Å²) in [6, 6.07) is 9.95. The third kappa shape index (κ3) is 3.29. The number of amides is 2. The van der Waals surface area contributed by atoms with Gasteiger partial charge in [-0.1, -0.05) is 0 Å². The molecule has 1 aromatic carbocycles. The predicted molar refractivity (Wildman–Crippen MR) is 121 cm³/mol. The lowest BCUT2D eigenvalue weighted by Gasteiger charge is -2.10.